The van der Waals surface area contributed by atoms with Crippen LogP contribution in [-0.2, 0) is 19.3 Å². The summed E-state index contributed by atoms with van der Waals surface area (Å²) in [5.74, 6) is 1.30. The molecule has 2 heterocycles. The van der Waals surface area contributed by atoms with E-state index >= 15 is 0 Å². The SMILES string of the molecule is Cc1c(SCc2nc(-c3ccccc3)no2)n(C)c(=O)n(Cc2ccccc2)c1=O. The van der Waals surface area contributed by atoms with Gasteiger partial charge in [0, 0.05) is 18.2 Å². The summed E-state index contributed by atoms with van der Waals surface area (Å²) in [7, 11) is 1.67. The minimum Gasteiger partial charge on any atom is -0.338 e. The lowest BCUT2D eigenvalue weighted by Gasteiger charge is -2.14. The highest BCUT2D eigenvalue weighted by molar-refractivity contribution is 7.98. The van der Waals surface area contributed by atoms with E-state index in [1.807, 2.05) is 60.7 Å². The van der Waals surface area contributed by atoms with Crippen molar-refractivity contribution in [3.63, 3.8) is 0 Å². The van der Waals surface area contributed by atoms with Gasteiger partial charge in [0.1, 0.15) is 0 Å². The lowest BCUT2D eigenvalue weighted by molar-refractivity contribution is 0.391. The van der Waals surface area contributed by atoms with Gasteiger partial charge in [0.05, 0.1) is 17.3 Å². The molecule has 0 bridgehead atoms. The van der Waals surface area contributed by atoms with Crippen molar-refractivity contribution < 1.29 is 4.52 Å². The molecule has 2 aromatic carbocycles. The predicted molar refractivity (Wildman–Crippen MR) is 116 cm³/mol. The van der Waals surface area contributed by atoms with E-state index in [1.54, 1.807) is 14.0 Å². The van der Waals surface area contributed by atoms with Gasteiger partial charge in [-0.25, -0.2) is 4.79 Å². The van der Waals surface area contributed by atoms with Crippen LogP contribution in [-0.4, -0.2) is 19.3 Å². The molecule has 7 nitrogen and oxygen atoms in total. The first-order chi connectivity index (χ1) is 14.5. The fraction of sp³-hybridized carbons (Fsp3) is 0.182. The molecule has 0 saturated heterocycles. The Morgan fingerprint density at radius 3 is 2.37 bits per heavy atom. The Kier molecular flexibility index (Phi) is 5.67. The van der Waals surface area contributed by atoms with Gasteiger partial charge in [0.25, 0.3) is 5.56 Å². The molecule has 0 fully saturated rings. The molecular weight excluding hydrogens is 400 g/mol. The quantitative estimate of drug-likeness (QED) is 0.352. The molecule has 2 aromatic heterocycles. The maximum atomic E-state index is 12.9. The van der Waals surface area contributed by atoms with E-state index in [0.717, 1.165) is 11.1 Å². The molecule has 0 unspecified atom stereocenters. The van der Waals surface area contributed by atoms with Crippen molar-refractivity contribution in [2.45, 2.75) is 24.2 Å². The lowest BCUT2D eigenvalue weighted by Crippen LogP contribution is -2.41. The van der Waals surface area contributed by atoms with Gasteiger partial charge >= 0.3 is 5.69 Å². The van der Waals surface area contributed by atoms with Crippen molar-refractivity contribution >= 4 is 11.8 Å². The second kappa shape index (κ2) is 8.54. The van der Waals surface area contributed by atoms with E-state index < -0.39 is 0 Å². The Balaban J connectivity index is 1.57. The van der Waals surface area contributed by atoms with Crippen molar-refractivity contribution in [2.75, 3.05) is 0 Å². The van der Waals surface area contributed by atoms with Crippen LogP contribution in [0.3, 0.4) is 0 Å². The van der Waals surface area contributed by atoms with Crippen molar-refractivity contribution in [1.29, 1.82) is 0 Å². The third kappa shape index (κ3) is 3.99. The number of hydrogen-bond acceptors (Lipinski definition) is 6. The molecule has 30 heavy (non-hydrogen) atoms. The maximum absolute atomic E-state index is 12.9. The molecule has 0 amide bonds. The van der Waals surface area contributed by atoms with Crippen molar-refractivity contribution in [3.05, 3.63) is 98.5 Å². The zero-order valence-electron chi connectivity index (χ0n) is 16.6. The van der Waals surface area contributed by atoms with E-state index in [0.29, 0.717) is 28.1 Å². The highest BCUT2D eigenvalue weighted by atomic mass is 32.2. The standard InChI is InChI=1S/C22H20N4O3S/c1-15-20(27)26(13-16-9-5-3-6-10-16)22(28)25(2)21(15)30-14-18-23-19(24-29-18)17-11-7-4-8-12-17/h3-12H,13-14H2,1-2H3. The average Bonchev–Trinajstić information content (AvgIpc) is 3.26. The van der Waals surface area contributed by atoms with Crippen molar-refractivity contribution in [3.8, 4) is 11.4 Å². The fourth-order valence-corrected chi connectivity index (χ4v) is 4.11. The molecule has 0 aliphatic heterocycles. The van der Waals surface area contributed by atoms with Crippen LogP contribution in [0.5, 0.6) is 0 Å². The van der Waals surface area contributed by atoms with Gasteiger partial charge in [0.15, 0.2) is 0 Å². The Hall–Kier alpha value is -3.39. The van der Waals surface area contributed by atoms with Crippen LogP contribution in [0.4, 0.5) is 0 Å². The zero-order valence-corrected chi connectivity index (χ0v) is 17.4. The molecule has 0 aliphatic rings. The van der Waals surface area contributed by atoms with Gasteiger partial charge in [-0.15, -0.1) is 0 Å². The summed E-state index contributed by atoms with van der Waals surface area (Å²) >= 11 is 1.33. The number of aromatic nitrogens is 4. The van der Waals surface area contributed by atoms with Crippen LogP contribution >= 0.6 is 11.8 Å². The molecule has 152 valence electrons. The van der Waals surface area contributed by atoms with Crippen LogP contribution in [0.1, 0.15) is 17.0 Å². The summed E-state index contributed by atoms with van der Waals surface area (Å²) in [5, 5.41) is 4.60. The van der Waals surface area contributed by atoms with Crippen LogP contribution in [0.25, 0.3) is 11.4 Å². The number of benzene rings is 2. The molecule has 0 radical (unpaired) electrons. The van der Waals surface area contributed by atoms with Crippen LogP contribution < -0.4 is 11.2 Å². The summed E-state index contributed by atoms with van der Waals surface area (Å²) in [6.07, 6.45) is 0. The van der Waals surface area contributed by atoms with Crippen LogP contribution in [0.15, 0.2) is 79.8 Å². The third-order valence-electron chi connectivity index (χ3n) is 4.73. The van der Waals surface area contributed by atoms with E-state index in [1.165, 1.54) is 20.9 Å². The van der Waals surface area contributed by atoms with E-state index in [2.05, 4.69) is 10.1 Å². The largest absolute Gasteiger partial charge is 0.338 e. The first kappa shape index (κ1) is 19.9. The molecule has 0 aliphatic carbocycles. The second-order valence-corrected chi connectivity index (χ2v) is 7.78. The molecule has 8 heteroatoms. The van der Waals surface area contributed by atoms with Gasteiger partial charge in [-0.1, -0.05) is 77.6 Å². The Morgan fingerprint density at radius 2 is 1.67 bits per heavy atom. The highest BCUT2D eigenvalue weighted by Gasteiger charge is 2.16. The molecule has 0 N–H and O–H groups in total. The predicted octanol–water partition coefficient (Wildman–Crippen LogP) is 3.25. The normalized spacial score (nSPS) is 11.0. The van der Waals surface area contributed by atoms with Gasteiger partial charge in [-0.2, -0.15) is 4.98 Å². The first-order valence-corrected chi connectivity index (χ1v) is 10.4. The monoisotopic (exact) mass is 420 g/mol. The van der Waals surface area contributed by atoms with E-state index in [4.69, 9.17) is 4.52 Å². The number of nitrogens with zero attached hydrogens (tertiary/aromatic N) is 4. The van der Waals surface area contributed by atoms with Gasteiger partial charge in [-0.05, 0) is 12.5 Å². The third-order valence-corrected chi connectivity index (χ3v) is 5.97. The number of rotatable bonds is 6. The summed E-state index contributed by atoms with van der Waals surface area (Å²) in [5.41, 5.74) is 1.63. The lowest BCUT2D eigenvalue weighted by atomic mass is 10.2. The van der Waals surface area contributed by atoms with Crippen LogP contribution in [0, 0.1) is 6.92 Å². The summed E-state index contributed by atoms with van der Waals surface area (Å²) in [4.78, 5) is 30.1. The Bertz CT molecular complexity index is 1240. The van der Waals surface area contributed by atoms with Crippen molar-refractivity contribution in [2.24, 2.45) is 7.05 Å². The minimum absolute atomic E-state index is 0.238. The molecule has 0 saturated carbocycles. The zero-order chi connectivity index (χ0) is 21.1. The average molecular weight is 420 g/mol. The number of hydrogen-bond donors (Lipinski definition) is 0. The Morgan fingerprint density at radius 1 is 1.00 bits per heavy atom. The molecule has 4 aromatic rings. The van der Waals surface area contributed by atoms with Crippen molar-refractivity contribution in [1.82, 2.24) is 19.3 Å². The van der Waals surface area contributed by atoms with E-state index in [9.17, 15) is 9.59 Å². The topological polar surface area (TPSA) is 82.9 Å². The van der Waals surface area contributed by atoms with Gasteiger partial charge in [-0.3, -0.25) is 13.9 Å². The smallest absolute Gasteiger partial charge is 0.331 e. The summed E-state index contributed by atoms with van der Waals surface area (Å²) in [6, 6.07) is 19.0. The molecule has 4 rings (SSSR count). The first-order valence-electron chi connectivity index (χ1n) is 9.39. The van der Waals surface area contributed by atoms with Gasteiger partial charge < -0.3 is 4.52 Å². The second-order valence-electron chi connectivity index (χ2n) is 6.82. The molecule has 0 atom stereocenters. The van der Waals surface area contributed by atoms with Crippen LogP contribution in [0.2, 0.25) is 0 Å². The molecular formula is C22H20N4O3S. The minimum atomic E-state index is -0.354. The van der Waals surface area contributed by atoms with E-state index in [-0.39, 0.29) is 17.8 Å². The number of thioether (sulfide) groups is 1. The Labute approximate surface area is 177 Å². The summed E-state index contributed by atoms with van der Waals surface area (Å²) < 4.78 is 8.09. The fourth-order valence-electron chi connectivity index (χ4n) is 3.16. The van der Waals surface area contributed by atoms with Gasteiger partial charge in [0.2, 0.25) is 11.7 Å². The summed E-state index contributed by atoms with van der Waals surface area (Å²) in [6.45, 7) is 1.97. The highest BCUT2D eigenvalue weighted by Crippen LogP contribution is 2.24. The molecule has 0 spiro atoms. The maximum Gasteiger partial charge on any atom is 0.331 e.